The zero-order chi connectivity index (χ0) is 22.6. The van der Waals surface area contributed by atoms with Gasteiger partial charge in [-0.3, -0.25) is 0 Å². The Balaban J connectivity index is 1.51. The third kappa shape index (κ3) is 6.55. The van der Waals surface area contributed by atoms with Crippen LogP contribution in [-0.2, 0) is 0 Å². The second-order valence-electron chi connectivity index (χ2n) is 9.76. The van der Waals surface area contributed by atoms with Gasteiger partial charge >= 0.3 is 6.18 Å². The van der Waals surface area contributed by atoms with Crippen molar-refractivity contribution in [3.8, 4) is 0 Å². The molecule has 5 heteroatoms. The van der Waals surface area contributed by atoms with E-state index in [-0.39, 0.29) is 17.8 Å². The first-order valence-electron chi connectivity index (χ1n) is 11.9. The van der Waals surface area contributed by atoms with Gasteiger partial charge in [0.05, 0.1) is 6.08 Å². The molecule has 0 bridgehead atoms. The fraction of sp³-hybridized carbons (Fsp3) is 0.692. The zero-order valence-corrected chi connectivity index (χ0v) is 18.7. The molecule has 0 aliphatic heterocycles. The lowest BCUT2D eigenvalue weighted by Gasteiger charge is -2.37. The van der Waals surface area contributed by atoms with Crippen molar-refractivity contribution >= 4 is 0 Å². The van der Waals surface area contributed by atoms with Gasteiger partial charge in [-0.1, -0.05) is 32.4 Å². The molecule has 2 aliphatic rings. The first-order valence-corrected chi connectivity index (χ1v) is 11.9. The highest BCUT2D eigenvalue weighted by molar-refractivity contribution is 5.29. The number of alkyl halides is 3. The number of halogens is 5. The van der Waals surface area contributed by atoms with E-state index in [0.717, 1.165) is 62.5 Å². The van der Waals surface area contributed by atoms with Crippen LogP contribution in [0.2, 0.25) is 0 Å². The van der Waals surface area contributed by atoms with Crippen LogP contribution in [-0.4, -0.2) is 6.18 Å². The summed E-state index contributed by atoms with van der Waals surface area (Å²) in [6, 6.07) is 5.77. The molecule has 2 saturated carbocycles. The molecule has 0 nitrogen and oxygen atoms in total. The predicted octanol–water partition coefficient (Wildman–Crippen LogP) is 9.23. The summed E-state index contributed by atoms with van der Waals surface area (Å²) in [4.78, 5) is 0. The molecule has 1 aromatic carbocycles. The number of rotatable bonds is 6. The van der Waals surface area contributed by atoms with E-state index >= 15 is 0 Å². The lowest BCUT2D eigenvalue weighted by molar-refractivity contribution is -0.0821. The Hall–Kier alpha value is -1.39. The van der Waals surface area contributed by atoms with Gasteiger partial charge in [-0.05, 0) is 98.7 Å². The Morgan fingerprint density at radius 1 is 1.00 bits per heavy atom. The molecule has 0 radical (unpaired) electrons. The Morgan fingerprint density at radius 2 is 1.58 bits per heavy atom. The van der Waals surface area contributed by atoms with Gasteiger partial charge in [0.25, 0.3) is 0 Å². The van der Waals surface area contributed by atoms with E-state index in [4.69, 9.17) is 0 Å². The Kier molecular flexibility index (Phi) is 8.20. The van der Waals surface area contributed by atoms with Crippen LogP contribution in [0.3, 0.4) is 0 Å². The summed E-state index contributed by atoms with van der Waals surface area (Å²) in [5.41, 5.74) is 1.90. The van der Waals surface area contributed by atoms with Crippen LogP contribution in [0.4, 0.5) is 22.0 Å². The smallest absolute Gasteiger partial charge is 0.212 e. The highest BCUT2D eigenvalue weighted by atomic mass is 19.4. The first kappa shape index (κ1) is 24.3. The van der Waals surface area contributed by atoms with Gasteiger partial charge in [-0.15, -0.1) is 0 Å². The SMILES string of the molecule is CCCC(C)c1ccc(C2CCC(C3CCC(/C(F)=C/C(F)(F)F)CC3)CC2)c(F)c1. The van der Waals surface area contributed by atoms with Gasteiger partial charge in [0.2, 0.25) is 0 Å². The number of hydrogen-bond donors (Lipinski definition) is 0. The van der Waals surface area contributed by atoms with Crippen LogP contribution in [0.25, 0.3) is 0 Å². The van der Waals surface area contributed by atoms with Gasteiger partial charge in [0.15, 0.2) is 0 Å². The molecule has 174 valence electrons. The highest BCUT2D eigenvalue weighted by Gasteiger charge is 2.34. The number of allylic oxidation sites excluding steroid dienone is 2. The van der Waals surface area contributed by atoms with Crippen molar-refractivity contribution in [1.82, 2.24) is 0 Å². The van der Waals surface area contributed by atoms with Gasteiger partial charge in [-0.2, -0.15) is 13.2 Å². The van der Waals surface area contributed by atoms with E-state index in [9.17, 15) is 22.0 Å². The normalized spacial score (nSPS) is 29.1. The van der Waals surface area contributed by atoms with Crippen molar-refractivity contribution in [2.45, 2.75) is 96.1 Å². The van der Waals surface area contributed by atoms with Crippen molar-refractivity contribution in [2.24, 2.45) is 17.8 Å². The molecule has 1 atom stereocenters. The van der Waals surface area contributed by atoms with Crippen LogP contribution in [0.5, 0.6) is 0 Å². The largest absolute Gasteiger partial charge is 0.412 e. The molecular formula is C26H35F5. The summed E-state index contributed by atoms with van der Waals surface area (Å²) in [6.07, 6.45) is 3.90. The minimum Gasteiger partial charge on any atom is -0.212 e. The second kappa shape index (κ2) is 10.5. The zero-order valence-electron chi connectivity index (χ0n) is 18.7. The van der Waals surface area contributed by atoms with E-state index in [1.807, 2.05) is 6.07 Å². The maximum atomic E-state index is 14.8. The minimum atomic E-state index is -4.58. The highest BCUT2D eigenvalue weighted by Crippen LogP contribution is 2.45. The number of benzene rings is 1. The Labute approximate surface area is 183 Å². The van der Waals surface area contributed by atoms with Crippen LogP contribution >= 0.6 is 0 Å². The van der Waals surface area contributed by atoms with Crippen molar-refractivity contribution < 1.29 is 22.0 Å². The third-order valence-electron chi connectivity index (χ3n) is 7.66. The van der Waals surface area contributed by atoms with E-state index in [1.165, 1.54) is 0 Å². The van der Waals surface area contributed by atoms with Crippen LogP contribution < -0.4 is 0 Å². The average molecular weight is 443 g/mol. The molecule has 0 heterocycles. The van der Waals surface area contributed by atoms with Gasteiger partial charge in [-0.25, -0.2) is 8.78 Å². The van der Waals surface area contributed by atoms with Crippen LogP contribution in [0.1, 0.15) is 101 Å². The van der Waals surface area contributed by atoms with Gasteiger partial charge in [0, 0.05) is 5.92 Å². The third-order valence-corrected chi connectivity index (χ3v) is 7.66. The summed E-state index contributed by atoms with van der Waals surface area (Å²) in [5.74, 6) is -0.0858. The van der Waals surface area contributed by atoms with Crippen molar-refractivity contribution in [3.05, 3.63) is 47.0 Å². The fourth-order valence-electron chi connectivity index (χ4n) is 5.82. The summed E-state index contributed by atoms with van der Waals surface area (Å²) in [6.45, 7) is 4.28. The predicted molar refractivity (Wildman–Crippen MR) is 115 cm³/mol. The summed E-state index contributed by atoms with van der Waals surface area (Å²) in [5, 5.41) is 0. The molecule has 31 heavy (non-hydrogen) atoms. The van der Waals surface area contributed by atoms with Crippen molar-refractivity contribution in [3.63, 3.8) is 0 Å². The van der Waals surface area contributed by atoms with Gasteiger partial charge in [0.1, 0.15) is 11.6 Å². The van der Waals surface area contributed by atoms with E-state index in [2.05, 4.69) is 19.9 Å². The molecule has 2 fully saturated rings. The summed E-state index contributed by atoms with van der Waals surface area (Å²) >= 11 is 0. The molecule has 0 spiro atoms. The number of hydrogen-bond acceptors (Lipinski definition) is 0. The first-order chi connectivity index (χ1) is 14.7. The molecular weight excluding hydrogens is 407 g/mol. The molecule has 1 aromatic rings. The Morgan fingerprint density at radius 3 is 2.10 bits per heavy atom. The second-order valence-corrected chi connectivity index (χ2v) is 9.76. The lowest BCUT2D eigenvalue weighted by atomic mass is 9.68. The summed E-state index contributed by atoms with van der Waals surface area (Å²) in [7, 11) is 0. The molecule has 0 N–H and O–H groups in total. The van der Waals surface area contributed by atoms with E-state index < -0.39 is 17.9 Å². The molecule has 3 rings (SSSR count). The van der Waals surface area contributed by atoms with E-state index in [1.54, 1.807) is 6.07 Å². The van der Waals surface area contributed by atoms with Crippen molar-refractivity contribution in [2.75, 3.05) is 0 Å². The average Bonchev–Trinajstić information content (AvgIpc) is 2.73. The monoisotopic (exact) mass is 442 g/mol. The Bertz CT molecular complexity index is 735. The standard InChI is InChI=1S/C26H35F5/c1-3-4-17(2)22-13-14-23(24(27)15-22)20-9-5-18(6-10-20)19-7-11-21(12-8-19)25(28)16-26(29,30)31/h13-21H,3-12H2,1-2H3/b25-16-. The van der Waals surface area contributed by atoms with Gasteiger partial charge < -0.3 is 0 Å². The summed E-state index contributed by atoms with van der Waals surface area (Å²) < 4.78 is 65.8. The molecule has 0 aromatic heterocycles. The maximum Gasteiger partial charge on any atom is 0.412 e. The topological polar surface area (TPSA) is 0 Å². The van der Waals surface area contributed by atoms with Crippen LogP contribution in [0.15, 0.2) is 30.1 Å². The van der Waals surface area contributed by atoms with E-state index in [0.29, 0.717) is 30.6 Å². The molecule has 0 saturated heterocycles. The maximum absolute atomic E-state index is 14.8. The lowest BCUT2D eigenvalue weighted by Crippen LogP contribution is -2.26. The minimum absolute atomic E-state index is 0.0867. The fourth-order valence-corrected chi connectivity index (χ4v) is 5.82. The molecule has 0 amide bonds. The van der Waals surface area contributed by atoms with Crippen molar-refractivity contribution in [1.29, 1.82) is 0 Å². The molecule has 1 unspecified atom stereocenters. The quantitative estimate of drug-likeness (QED) is 0.385. The molecule has 2 aliphatic carbocycles. The van der Waals surface area contributed by atoms with Crippen LogP contribution in [0, 0.1) is 23.6 Å².